The van der Waals surface area contributed by atoms with Gasteiger partial charge in [-0.15, -0.1) is 0 Å². The first kappa shape index (κ1) is 28.0. The van der Waals surface area contributed by atoms with Crippen molar-refractivity contribution < 1.29 is 18.6 Å². The third kappa shape index (κ3) is 6.68. The third-order valence-corrected chi connectivity index (χ3v) is 8.03. The zero-order valence-electron chi connectivity index (χ0n) is 22.5. The van der Waals surface area contributed by atoms with Gasteiger partial charge in [0, 0.05) is 61.4 Å². The van der Waals surface area contributed by atoms with Crippen LogP contribution in [0.1, 0.15) is 11.1 Å². The van der Waals surface area contributed by atoms with Crippen LogP contribution in [0.5, 0.6) is 5.75 Å². The van der Waals surface area contributed by atoms with E-state index in [9.17, 15) is 4.39 Å². The summed E-state index contributed by atoms with van der Waals surface area (Å²) in [6.07, 6.45) is 4.99. The van der Waals surface area contributed by atoms with E-state index in [-0.39, 0.29) is 11.9 Å². The number of hydrogen-bond donors (Lipinski definition) is 0. The molecule has 0 aliphatic carbocycles. The summed E-state index contributed by atoms with van der Waals surface area (Å²) in [6, 6.07) is 20.2. The Balaban J connectivity index is 1.03. The number of aromatic nitrogens is 2. The van der Waals surface area contributed by atoms with Crippen molar-refractivity contribution in [2.45, 2.75) is 25.0 Å². The molecule has 2 fully saturated rings. The number of rotatable bonds is 9. The fourth-order valence-corrected chi connectivity index (χ4v) is 5.88. The molecule has 0 spiro atoms. The van der Waals surface area contributed by atoms with Gasteiger partial charge in [-0.25, -0.2) is 9.37 Å². The first-order chi connectivity index (χ1) is 20.0. The average molecular weight is 598 g/mol. The Labute approximate surface area is 249 Å². The molecule has 0 amide bonds. The molecule has 0 bridgehead atoms. The Morgan fingerprint density at radius 2 is 1.76 bits per heavy atom. The first-order valence-corrected chi connectivity index (χ1v) is 14.4. The summed E-state index contributed by atoms with van der Waals surface area (Å²) < 4.78 is 33.9. The maximum absolute atomic E-state index is 13.2. The van der Waals surface area contributed by atoms with Crippen LogP contribution < -0.4 is 9.64 Å². The van der Waals surface area contributed by atoms with Crippen molar-refractivity contribution in [2.75, 3.05) is 44.3 Å². The second-order valence-corrected chi connectivity index (χ2v) is 11.2. The smallest absolute Gasteiger partial charge is 0.215 e. The standard InChI is InChI=1S/C31H31Cl2FN4O3/c32-24-3-10-29(30(33)17-24)31(21-37-12-11-35-22-37)40-20-28(41-31)19-39-27-8-6-26(7-9-27)38-15-13-36(14-16-38)18-23-1-4-25(34)5-2-23/h1-12,17,22,28H,13-16,18-21H2/t28-,31-/m1/s1. The molecule has 3 aromatic carbocycles. The van der Waals surface area contributed by atoms with Crippen molar-refractivity contribution in [2.24, 2.45) is 0 Å². The van der Waals surface area contributed by atoms with E-state index >= 15 is 0 Å². The number of hydrogen-bond acceptors (Lipinski definition) is 6. The van der Waals surface area contributed by atoms with Gasteiger partial charge in [0.1, 0.15) is 24.3 Å². The fraction of sp³-hybridized carbons (Fsp3) is 0.323. The summed E-state index contributed by atoms with van der Waals surface area (Å²) in [5.74, 6) is -0.514. The van der Waals surface area contributed by atoms with Gasteiger partial charge in [-0.2, -0.15) is 0 Å². The summed E-state index contributed by atoms with van der Waals surface area (Å²) in [6.45, 7) is 5.67. The summed E-state index contributed by atoms with van der Waals surface area (Å²) in [4.78, 5) is 8.91. The highest BCUT2D eigenvalue weighted by atomic mass is 35.5. The van der Waals surface area contributed by atoms with Gasteiger partial charge in [0.2, 0.25) is 5.79 Å². The summed E-state index contributed by atoms with van der Waals surface area (Å²) in [5, 5.41) is 1.02. The SMILES string of the molecule is Fc1ccc(CN2CCN(c3ccc(OC[C@@H]4CO[C@@](Cn5ccnc5)(c5ccc(Cl)cc5Cl)O4)cc3)CC2)cc1. The molecule has 2 aliphatic rings. The Kier molecular flexibility index (Phi) is 8.46. The highest BCUT2D eigenvalue weighted by molar-refractivity contribution is 6.35. The van der Waals surface area contributed by atoms with Gasteiger partial charge in [-0.3, -0.25) is 4.90 Å². The van der Waals surface area contributed by atoms with Crippen LogP contribution in [0.4, 0.5) is 10.1 Å². The van der Waals surface area contributed by atoms with E-state index in [0.29, 0.717) is 35.4 Å². The zero-order valence-corrected chi connectivity index (χ0v) is 24.0. The summed E-state index contributed by atoms with van der Waals surface area (Å²) in [7, 11) is 0. The van der Waals surface area contributed by atoms with Gasteiger partial charge < -0.3 is 23.7 Å². The molecule has 4 aromatic rings. The van der Waals surface area contributed by atoms with E-state index in [1.807, 2.05) is 41.1 Å². The number of piperazine rings is 1. The molecule has 0 saturated carbocycles. The molecule has 2 saturated heterocycles. The minimum absolute atomic E-state index is 0.198. The second kappa shape index (κ2) is 12.4. The van der Waals surface area contributed by atoms with Crippen molar-refractivity contribution in [1.29, 1.82) is 0 Å². The second-order valence-electron chi connectivity index (χ2n) is 10.4. The van der Waals surface area contributed by atoms with E-state index in [2.05, 4.69) is 26.9 Å². The van der Waals surface area contributed by atoms with E-state index in [1.165, 1.54) is 12.1 Å². The number of nitrogens with zero attached hydrogens (tertiary/aromatic N) is 4. The highest BCUT2D eigenvalue weighted by Crippen LogP contribution is 2.40. The predicted octanol–water partition coefficient (Wildman–Crippen LogP) is 6.00. The van der Waals surface area contributed by atoms with Crippen LogP contribution in [0.25, 0.3) is 0 Å². The molecule has 41 heavy (non-hydrogen) atoms. The van der Waals surface area contributed by atoms with E-state index < -0.39 is 5.79 Å². The number of anilines is 1. The zero-order chi connectivity index (χ0) is 28.2. The van der Waals surface area contributed by atoms with Gasteiger partial charge in [0.05, 0.1) is 24.5 Å². The lowest BCUT2D eigenvalue weighted by Gasteiger charge is -2.36. The van der Waals surface area contributed by atoms with Crippen LogP contribution in [-0.4, -0.2) is 59.9 Å². The Morgan fingerprint density at radius 3 is 2.46 bits per heavy atom. The van der Waals surface area contributed by atoms with Crippen LogP contribution in [0.15, 0.2) is 85.5 Å². The average Bonchev–Trinajstić information content (AvgIpc) is 3.64. The van der Waals surface area contributed by atoms with Crippen LogP contribution >= 0.6 is 23.2 Å². The molecule has 1 aromatic heterocycles. The molecule has 0 N–H and O–H groups in total. The van der Waals surface area contributed by atoms with Crippen molar-refractivity contribution in [1.82, 2.24) is 14.5 Å². The van der Waals surface area contributed by atoms with Crippen LogP contribution in [-0.2, 0) is 28.4 Å². The molecule has 0 unspecified atom stereocenters. The van der Waals surface area contributed by atoms with Crippen molar-refractivity contribution >= 4 is 28.9 Å². The van der Waals surface area contributed by atoms with E-state index in [0.717, 1.165) is 49.7 Å². The molecule has 2 atom stereocenters. The molecule has 0 radical (unpaired) electrons. The molecule has 2 aliphatic heterocycles. The van der Waals surface area contributed by atoms with Gasteiger partial charge in [-0.1, -0.05) is 41.4 Å². The molecule has 10 heteroatoms. The van der Waals surface area contributed by atoms with Crippen LogP contribution in [0.2, 0.25) is 10.0 Å². The van der Waals surface area contributed by atoms with Crippen molar-refractivity contribution in [3.8, 4) is 5.75 Å². The molecular weight excluding hydrogens is 566 g/mol. The van der Waals surface area contributed by atoms with Gasteiger partial charge in [0.15, 0.2) is 0 Å². The molecular formula is C31H31Cl2FN4O3. The van der Waals surface area contributed by atoms with E-state index in [1.54, 1.807) is 24.7 Å². The minimum atomic E-state index is -1.08. The Morgan fingerprint density at radius 1 is 0.976 bits per heavy atom. The van der Waals surface area contributed by atoms with E-state index in [4.69, 9.17) is 37.4 Å². The fourth-order valence-electron chi connectivity index (χ4n) is 5.33. The quantitative estimate of drug-likeness (QED) is 0.236. The lowest BCUT2D eigenvalue weighted by Crippen LogP contribution is -2.45. The van der Waals surface area contributed by atoms with Gasteiger partial charge in [-0.05, 0) is 54.1 Å². The first-order valence-electron chi connectivity index (χ1n) is 13.6. The maximum Gasteiger partial charge on any atom is 0.215 e. The summed E-state index contributed by atoms with van der Waals surface area (Å²) >= 11 is 12.7. The maximum atomic E-state index is 13.2. The van der Waals surface area contributed by atoms with Gasteiger partial charge >= 0.3 is 0 Å². The van der Waals surface area contributed by atoms with Crippen molar-refractivity contribution in [3.05, 3.63) is 112 Å². The molecule has 3 heterocycles. The number of ether oxygens (including phenoxy) is 3. The van der Waals surface area contributed by atoms with Crippen LogP contribution in [0.3, 0.4) is 0 Å². The monoisotopic (exact) mass is 596 g/mol. The lowest BCUT2D eigenvalue weighted by molar-refractivity contribution is -0.189. The highest BCUT2D eigenvalue weighted by Gasteiger charge is 2.45. The molecule has 6 rings (SSSR count). The van der Waals surface area contributed by atoms with Gasteiger partial charge in [0.25, 0.3) is 0 Å². The lowest BCUT2D eigenvalue weighted by atomic mass is 10.1. The third-order valence-electron chi connectivity index (χ3n) is 7.48. The largest absolute Gasteiger partial charge is 0.491 e. The molecule has 7 nitrogen and oxygen atoms in total. The Bertz CT molecular complexity index is 1430. The normalized spacial score (nSPS) is 21.3. The number of benzene rings is 3. The number of imidazole rings is 1. The Hall–Kier alpha value is -3.14. The molecule has 214 valence electrons. The van der Waals surface area contributed by atoms with Crippen molar-refractivity contribution in [3.63, 3.8) is 0 Å². The topological polar surface area (TPSA) is 52.0 Å². The predicted molar refractivity (Wildman–Crippen MR) is 157 cm³/mol. The summed E-state index contributed by atoms with van der Waals surface area (Å²) in [5.41, 5.74) is 3.01. The minimum Gasteiger partial charge on any atom is -0.491 e. The van der Waals surface area contributed by atoms with Crippen LogP contribution in [0, 0.1) is 5.82 Å². The number of halogens is 3.